The van der Waals surface area contributed by atoms with E-state index in [1.54, 1.807) is 0 Å². The fourth-order valence-electron chi connectivity index (χ4n) is 1.74. The van der Waals surface area contributed by atoms with E-state index in [-0.39, 0.29) is 29.9 Å². The lowest BCUT2D eigenvalue weighted by Crippen LogP contribution is -3.00. The van der Waals surface area contributed by atoms with Crippen LogP contribution in [0.1, 0.15) is 26.2 Å². The number of quaternary nitrogens is 1. The Hall–Kier alpha value is -0.100. The van der Waals surface area contributed by atoms with Crippen LogP contribution in [0.5, 0.6) is 0 Å². The number of nitrogens with zero attached hydrogens (tertiary/aromatic N) is 1. The molecule has 0 spiro atoms. The van der Waals surface area contributed by atoms with Crippen LogP contribution in [0.2, 0.25) is 0 Å². The first-order valence-electron chi connectivity index (χ1n) is 5.73. The second kappa shape index (κ2) is 7.27. The number of hydrogen-bond acceptors (Lipinski definition) is 2. The van der Waals surface area contributed by atoms with Crippen molar-refractivity contribution in [1.29, 1.82) is 0 Å². The normalized spacial score (nSPS) is 18.3. The molecular formula is C12H22INO2. The molecule has 0 amide bonds. The van der Waals surface area contributed by atoms with Gasteiger partial charge in [-0.2, -0.15) is 0 Å². The summed E-state index contributed by atoms with van der Waals surface area (Å²) in [5.41, 5.74) is 0.849. The van der Waals surface area contributed by atoms with Gasteiger partial charge in [-0.1, -0.05) is 19.4 Å². The smallest absolute Gasteiger partial charge is 0.339 e. The SMILES string of the molecule is CCCCOC(=O)C1=CCC[N+](C)(C)C1.[I-]. The number of unbranched alkanes of at least 4 members (excludes halogenated alkanes) is 1. The van der Waals surface area contributed by atoms with Gasteiger partial charge in [-0.15, -0.1) is 0 Å². The fourth-order valence-corrected chi connectivity index (χ4v) is 1.74. The summed E-state index contributed by atoms with van der Waals surface area (Å²) < 4.78 is 6.08. The first-order valence-corrected chi connectivity index (χ1v) is 5.73. The van der Waals surface area contributed by atoms with Gasteiger partial charge in [0.25, 0.3) is 0 Å². The number of hydrogen-bond donors (Lipinski definition) is 0. The third-order valence-corrected chi connectivity index (χ3v) is 2.72. The maximum atomic E-state index is 11.7. The number of ether oxygens (including phenoxy) is 1. The van der Waals surface area contributed by atoms with Gasteiger partial charge in [-0.05, 0) is 6.42 Å². The summed E-state index contributed by atoms with van der Waals surface area (Å²) in [6, 6.07) is 0. The summed E-state index contributed by atoms with van der Waals surface area (Å²) in [5, 5.41) is 0. The monoisotopic (exact) mass is 339 g/mol. The molecule has 1 heterocycles. The first-order chi connectivity index (χ1) is 7.05. The van der Waals surface area contributed by atoms with Crippen molar-refractivity contribution in [3.63, 3.8) is 0 Å². The Morgan fingerprint density at radius 2 is 2.19 bits per heavy atom. The summed E-state index contributed by atoms with van der Waals surface area (Å²) in [7, 11) is 4.29. The van der Waals surface area contributed by atoms with Gasteiger partial charge in [-0.25, -0.2) is 4.79 Å². The molecule has 4 heteroatoms. The number of esters is 1. The molecule has 0 N–H and O–H groups in total. The van der Waals surface area contributed by atoms with Crippen molar-refractivity contribution in [3.05, 3.63) is 11.6 Å². The molecule has 16 heavy (non-hydrogen) atoms. The highest BCUT2D eigenvalue weighted by molar-refractivity contribution is 5.88. The molecule has 0 aromatic heterocycles. The third kappa shape index (κ3) is 5.30. The Balaban J connectivity index is 0.00000225. The molecule has 0 aromatic rings. The Bertz CT molecular complexity index is 262. The van der Waals surface area contributed by atoms with E-state index in [0.29, 0.717) is 6.61 Å². The molecule has 94 valence electrons. The van der Waals surface area contributed by atoms with Crippen LogP contribution in [-0.2, 0) is 9.53 Å². The second-order valence-electron chi connectivity index (χ2n) is 4.82. The quantitative estimate of drug-likeness (QED) is 0.277. The van der Waals surface area contributed by atoms with Crippen LogP contribution >= 0.6 is 0 Å². The molecule has 0 unspecified atom stereocenters. The van der Waals surface area contributed by atoms with Crippen LogP contribution in [0, 0.1) is 0 Å². The van der Waals surface area contributed by atoms with Gasteiger partial charge < -0.3 is 33.2 Å². The van der Waals surface area contributed by atoms with Gasteiger partial charge in [0.05, 0.1) is 32.8 Å². The Morgan fingerprint density at radius 1 is 1.50 bits per heavy atom. The summed E-state index contributed by atoms with van der Waals surface area (Å²) in [6.45, 7) is 4.55. The highest BCUT2D eigenvalue weighted by Crippen LogP contribution is 2.15. The predicted octanol–water partition coefficient (Wildman–Crippen LogP) is -1.26. The number of carbonyl (C=O) groups excluding carboxylic acids is 1. The van der Waals surface area contributed by atoms with Gasteiger partial charge in [0.1, 0.15) is 6.54 Å². The van der Waals surface area contributed by atoms with Gasteiger partial charge in [0.2, 0.25) is 0 Å². The molecule has 0 atom stereocenters. The maximum absolute atomic E-state index is 11.7. The summed E-state index contributed by atoms with van der Waals surface area (Å²) in [6.07, 6.45) is 5.02. The molecular weight excluding hydrogens is 317 g/mol. The minimum atomic E-state index is -0.116. The Labute approximate surface area is 115 Å². The van der Waals surface area contributed by atoms with E-state index in [1.165, 1.54) is 0 Å². The van der Waals surface area contributed by atoms with Crippen molar-refractivity contribution in [2.24, 2.45) is 0 Å². The predicted molar refractivity (Wildman–Crippen MR) is 60.4 cm³/mol. The van der Waals surface area contributed by atoms with E-state index < -0.39 is 0 Å². The van der Waals surface area contributed by atoms with Crippen molar-refractivity contribution < 1.29 is 38.0 Å². The lowest BCUT2D eigenvalue weighted by molar-refractivity contribution is -0.886. The minimum absolute atomic E-state index is 0. The molecule has 0 aromatic carbocycles. The number of rotatable bonds is 4. The topological polar surface area (TPSA) is 26.3 Å². The zero-order valence-corrected chi connectivity index (χ0v) is 12.6. The van der Waals surface area contributed by atoms with Crippen molar-refractivity contribution >= 4 is 5.97 Å². The summed E-state index contributed by atoms with van der Waals surface area (Å²) >= 11 is 0. The summed E-state index contributed by atoms with van der Waals surface area (Å²) in [4.78, 5) is 11.7. The van der Waals surface area contributed by atoms with Crippen molar-refractivity contribution in [2.45, 2.75) is 26.2 Å². The summed E-state index contributed by atoms with van der Waals surface area (Å²) in [5.74, 6) is -0.116. The number of carbonyl (C=O) groups is 1. The number of halogens is 1. The lowest BCUT2D eigenvalue weighted by Gasteiger charge is -2.32. The second-order valence-corrected chi connectivity index (χ2v) is 4.82. The maximum Gasteiger partial charge on any atom is 0.339 e. The van der Waals surface area contributed by atoms with E-state index in [4.69, 9.17) is 4.74 Å². The van der Waals surface area contributed by atoms with Crippen molar-refractivity contribution in [2.75, 3.05) is 33.8 Å². The standard InChI is InChI=1S/C12H22NO2.HI/c1-4-5-9-15-12(14)11-7-6-8-13(2,3)10-11;/h7H,4-6,8-10H2,1-3H3;1H/q+1;/p-1. The Morgan fingerprint density at radius 3 is 2.75 bits per heavy atom. The van der Waals surface area contributed by atoms with Gasteiger partial charge in [-0.3, -0.25) is 0 Å². The van der Waals surface area contributed by atoms with E-state index in [9.17, 15) is 4.79 Å². The molecule has 0 saturated heterocycles. The molecule has 0 fully saturated rings. The number of likely N-dealkylation sites (N-methyl/N-ethyl adjacent to an activating group) is 1. The highest BCUT2D eigenvalue weighted by atomic mass is 127. The first kappa shape index (κ1) is 15.9. The van der Waals surface area contributed by atoms with E-state index in [2.05, 4.69) is 21.0 Å². The fraction of sp³-hybridized carbons (Fsp3) is 0.750. The molecule has 1 aliphatic rings. The average molecular weight is 339 g/mol. The van der Waals surface area contributed by atoms with Gasteiger partial charge >= 0.3 is 5.97 Å². The van der Waals surface area contributed by atoms with E-state index >= 15 is 0 Å². The third-order valence-electron chi connectivity index (χ3n) is 2.72. The minimum Gasteiger partial charge on any atom is -1.00 e. The van der Waals surface area contributed by atoms with E-state index in [1.807, 2.05) is 6.08 Å². The highest BCUT2D eigenvalue weighted by Gasteiger charge is 2.25. The molecule has 1 rings (SSSR count). The van der Waals surface area contributed by atoms with Gasteiger partial charge in [0, 0.05) is 6.42 Å². The average Bonchev–Trinajstić information content (AvgIpc) is 2.16. The van der Waals surface area contributed by atoms with Gasteiger partial charge in [0.15, 0.2) is 0 Å². The van der Waals surface area contributed by atoms with Crippen molar-refractivity contribution in [3.8, 4) is 0 Å². The zero-order valence-electron chi connectivity index (χ0n) is 10.5. The van der Waals surface area contributed by atoms with Crippen LogP contribution < -0.4 is 24.0 Å². The largest absolute Gasteiger partial charge is 1.00 e. The molecule has 0 radical (unpaired) electrons. The zero-order chi connectivity index (χ0) is 11.3. The van der Waals surface area contributed by atoms with Crippen LogP contribution in [-0.4, -0.2) is 44.2 Å². The molecule has 1 aliphatic heterocycles. The van der Waals surface area contributed by atoms with Crippen LogP contribution in [0.15, 0.2) is 11.6 Å². The molecule has 0 aliphatic carbocycles. The van der Waals surface area contributed by atoms with Crippen LogP contribution in [0.3, 0.4) is 0 Å². The molecule has 0 saturated carbocycles. The molecule has 3 nitrogen and oxygen atoms in total. The molecule has 0 bridgehead atoms. The van der Waals surface area contributed by atoms with Crippen LogP contribution in [0.25, 0.3) is 0 Å². The lowest BCUT2D eigenvalue weighted by atomic mass is 10.1. The van der Waals surface area contributed by atoms with Crippen molar-refractivity contribution in [1.82, 2.24) is 0 Å². The van der Waals surface area contributed by atoms with E-state index in [0.717, 1.165) is 42.4 Å². The Kier molecular flexibility index (Phi) is 7.22. The van der Waals surface area contributed by atoms with Crippen LogP contribution in [0.4, 0.5) is 0 Å².